The molecule has 20 heavy (non-hydrogen) atoms. The van der Waals surface area contributed by atoms with Crippen molar-refractivity contribution in [3.63, 3.8) is 0 Å². The van der Waals surface area contributed by atoms with Crippen molar-refractivity contribution in [3.05, 3.63) is 76.9 Å². The fraction of sp³-hybridized carbons (Fsp3) is 0.263. The Morgan fingerprint density at radius 3 is 3.00 bits per heavy atom. The first-order chi connectivity index (χ1) is 9.90. The van der Waals surface area contributed by atoms with E-state index in [1.165, 1.54) is 27.8 Å². The third-order valence-electron chi connectivity index (χ3n) is 3.99. The number of hydrogen-bond donors (Lipinski definition) is 1. The van der Waals surface area contributed by atoms with E-state index in [1.807, 2.05) is 7.05 Å². The minimum Gasteiger partial charge on any atom is -0.319 e. The van der Waals surface area contributed by atoms with Gasteiger partial charge in [0.05, 0.1) is 0 Å². The maximum absolute atomic E-state index is 3.23. The summed E-state index contributed by atoms with van der Waals surface area (Å²) in [7, 11) is 2.01. The lowest BCUT2D eigenvalue weighted by Gasteiger charge is -2.16. The van der Waals surface area contributed by atoms with Crippen LogP contribution in [0.3, 0.4) is 0 Å². The molecule has 0 unspecified atom stereocenters. The number of allylic oxidation sites excluding steroid dienone is 7. The van der Waals surface area contributed by atoms with Gasteiger partial charge in [0.15, 0.2) is 0 Å². The Bertz CT molecular complexity index is 614. The van der Waals surface area contributed by atoms with E-state index in [2.05, 4.69) is 60.0 Å². The van der Waals surface area contributed by atoms with Crippen LogP contribution in [0.5, 0.6) is 0 Å². The van der Waals surface area contributed by atoms with Crippen LogP contribution < -0.4 is 5.32 Å². The van der Waals surface area contributed by atoms with Crippen LogP contribution in [0.15, 0.2) is 65.8 Å². The zero-order chi connectivity index (χ0) is 13.8. The second-order valence-electron chi connectivity index (χ2n) is 5.31. The van der Waals surface area contributed by atoms with E-state index in [9.17, 15) is 0 Å². The number of fused-ring (bicyclic) bond motifs is 2. The molecule has 2 aliphatic carbocycles. The van der Waals surface area contributed by atoms with E-state index < -0.39 is 0 Å². The molecule has 0 saturated heterocycles. The fourth-order valence-corrected chi connectivity index (χ4v) is 2.95. The first-order valence-electron chi connectivity index (χ1n) is 7.40. The van der Waals surface area contributed by atoms with Crippen molar-refractivity contribution in [2.24, 2.45) is 0 Å². The molecule has 1 heteroatoms. The summed E-state index contributed by atoms with van der Waals surface area (Å²) >= 11 is 0. The van der Waals surface area contributed by atoms with Gasteiger partial charge in [-0.2, -0.15) is 0 Å². The largest absolute Gasteiger partial charge is 0.319 e. The molecule has 1 aromatic carbocycles. The molecule has 1 aromatic rings. The predicted molar refractivity (Wildman–Crippen MR) is 86.6 cm³/mol. The van der Waals surface area contributed by atoms with Gasteiger partial charge in [-0.15, -0.1) is 0 Å². The maximum atomic E-state index is 3.23. The van der Waals surface area contributed by atoms with E-state index in [0.717, 1.165) is 25.8 Å². The smallest absolute Gasteiger partial charge is 0.00169 e. The lowest BCUT2D eigenvalue weighted by atomic mass is 9.88. The van der Waals surface area contributed by atoms with Crippen LogP contribution in [0, 0.1) is 0 Å². The maximum Gasteiger partial charge on any atom is -0.00169 e. The summed E-state index contributed by atoms with van der Waals surface area (Å²) in [4.78, 5) is 0. The second kappa shape index (κ2) is 6.06. The number of nitrogens with one attached hydrogen (secondary N) is 1. The molecule has 0 bridgehead atoms. The van der Waals surface area contributed by atoms with Gasteiger partial charge in [-0.1, -0.05) is 54.6 Å². The Morgan fingerprint density at radius 2 is 2.10 bits per heavy atom. The van der Waals surface area contributed by atoms with Crippen LogP contribution in [0.1, 0.15) is 24.0 Å². The Hall–Kier alpha value is -1.86. The molecule has 0 atom stereocenters. The van der Waals surface area contributed by atoms with Crippen LogP contribution in [0.2, 0.25) is 0 Å². The predicted octanol–water partition coefficient (Wildman–Crippen LogP) is 4.05. The Labute approximate surface area is 121 Å². The molecule has 1 nitrogen and oxygen atoms in total. The lowest BCUT2D eigenvalue weighted by Crippen LogP contribution is -2.06. The molecule has 1 N–H and O–H groups in total. The van der Waals surface area contributed by atoms with Crippen molar-refractivity contribution >= 4 is 5.57 Å². The molecule has 0 amide bonds. The van der Waals surface area contributed by atoms with E-state index in [-0.39, 0.29) is 0 Å². The van der Waals surface area contributed by atoms with Crippen LogP contribution >= 0.6 is 0 Å². The van der Waals surface area contributed by atoms with Crippen LogP contribution in [-0.2, 0) is 6.42 Å². The van der Waals surface area contributed by atoms with Gasteiger partial charge in [-0.25, -0.2) is 0 Å². The fourth-order valence-electron chi connectivity index (χ4n) is 2.95. The summed E-state index contributed by atoms with van der Waals surface area (Å²) in [5.41, 5.74) is 7.12. The molecule has 0 aromatic heterocycles. The third-order valence-corrected chi connectivity index (χ3v) is 3.99. The summed E-state index contributed by atoms with van der Waals surface area (Å²) in [5.74, 6) is 0. The van der Waals surface area contributed by atoms with Crippen molar-refractivity contribution < 1.29 is 0 Å². The molecule has 3 rings (SSSR count). The van der Waals surface area contributed by atoms with Gasteiger partial charge >= 0.3 is 0 Å². The zero-order valence-corrected chi connectivity index (χ0v) is 12.0. The van der Waals surface area contributed by atoms with Crippen molar-refractivity contribution in [2.75, 3.05) is 13.6 Å². The van der Waals surface area contributed by atoms with E-state index in [0.29, 0.717) is 0 Å². The van der Waals surface area contributed by atoms with E-state index >= 15 is 0 Å². The molecule has 0 heterocycles. The summed E-state index contributed by atoms with van der Waals surface area (Å²) in [6.07, 6.45) is 14.6. The first-order valence-corrected chi connectivity index (χ1v) is 7.40. The van der Waals surface area contributed by atoms with E-state index in [4.69, 9.17) is 0 Å². The molecule has 0 aliphatic heterocycles. The zero-order valence-electron chi connectivity index (χ0n) is 12.0. The summed E-state index contributed by atoms with van der Waals surface area (Å²) in [6, 6.07) is 8.80. The van der Waals surface area contributed by atoms with Crippen LogP contribution in [0.4, 0.5) is 0 Å². The molecular formula is C19H21N. The van der Waals surface area contributed by atoms with Gasteiger partial charge in [-0.3, -0.25) is 0 Å². The van der Waals surface area contributed by atoms with Gasteiger partial charge in [0, 0.05) is 0 Å². The van der Waals surface area contributed by atoms with Crippen molar-refractivity contribution in [1.82, 2.24) is 5.32 Å². The van der Waals surface area contributed by atoms with Gasteiger partial charge in [0.1, 0.15) is 0 Å². The Kier molecular flexibility index (Phi) is 3.98. The van der Waals surface area contributed by atoms with Crippen LogP contribution in [0.25, 0.3) is 5.57 Å². The molecule has 0 fully saturated rings. The SMILES string of the molecule is CNCC/C=C1/C2=CC=CCC2=CCc2ccccc21. The van der Waals surface area contributed by atoms with Crippen molar-refractivity contribution in [2.45, 2.75) is 19.3 Å². The highest BCUT2D eigenvalue weighted by molar-refractivity contribution is 5.87. The highest BCUT2D eigenvalue weighted by Gasteiger charge is 2.18. The summed E-state index contributed by atoms with van der Waals surface area (Å²) in [6.45, 7) is 1.02. The van der Waals surface area contributed by atoms with Crippen LogP contribution in [-0.4, -0.2) is 13.6 Å². The average molecular weight is 263 g/mol. The molecule has 0 radical (unpaired) electrons. The molecule has 102 valence electrons. The van der Waals surface area contributed by atoms with E-state index in [1.54, 1.807) is 0 Å². The van der Waals surface area contributed by atoms with Crippen molar-refractivity contribution in [1.29, 1.82) is 0 Å². The monoisotopic (exact) mass is 263 g/mol. The normalized spacial score (nSPS) is 18.9. The topological polar surface area (TPSA) is 12.0 Å². The second-order valence-corrected chi connectivity index (χ2v) is 5.31. The summed E-state index contributed by atoms with van der Waals surface area (Å²) < 4.78 is 0. The van der Waals surface area contributed by atoms with Gasteiger partial charge in [-0.05, 0) is 60.7 Å². The van der Waals surface area contributed by atoms with Gasteiger partial charge < -0.3 is 5.32 Å². The quantitative estimate of drug-likeness (QED) is 0.811. The Balaban J connectivity index is 2.08. The number of benzene rings is 1. The Morgan fingerprint density at radius 1 is 1.20 bits per heavy atom. The van der Waals surface area contributed by atoms with Gasteiger partial charge in [0.25, 0.3) is 0 Å². The first kappa shape index (κ1) is 13.1. The van der Waals surface area contributed by atoms with Crippen molar-refractivity contribution in [3.8, 4) is 0 Å². The lowest BCUT2D eigenvalue weighted by molar-refractivity contribution is 0.808. The highest BCUT2D eigenvalue weighted by Crippen LogP contribution is 2.37. The number of hydrogen-bond acceptors (Lipinski definition) is 1. The molecule has 2 aliphatic rings. The number of rotatable bonds is 3. The highest BCUT2D eigenvalue weighted by atomic mass is 14.8. The molecule has 0 spiro atoms. The molecular weight excluding hydrogens is 242 g/mol. The third kappa shape index (κ3) is 2.54. The minimum atomic E-state index is 1.02. The summed E-state index contributed by atoms with van der Waals surface area (Å²) in [5, 5.41) is 3.23. The minimum absolute atomic E-state index is 1.02. The average Bonchev–Trinajstić information content (AvgIpc) is 2.66. The van der Waals surface area contributed by atoms with Gasteiger partial charge in [0.2, 0.25) is 0 Å². The molecule has 0 saturated carbocycles. The standard InChI is InChI=1S/C19H21N/c1-20-14-6-11-19-17-9-4-2-7-15(17)12-13-16-8-3-5-10-18(16)19/h2-5,7,9-11,13,20H,6,8,12,14H2,1H3/b19-11+.